The normalized spacial score (nSPS) is 11.4. The van der Waals surface area contributed by atoms with Crippen molar-refractivity contribution in [2.24, 2.45) is 4.99 Å². The Labute approximate surface area is 203 Å². The predicted octanol–water partition coefficient (Wildman–Crippen LogP) is 9.31. The molecule has 2 aromatic rings. The Bertz CT molecular complexity index is 806. The lowest BCUT2D eigenvalue weighted by Gasteiger charge is -2.12. The fraction of sp³-hybridized carbons (Fsp3) is 0.581. The summed E-state index contributed by atoms with van der Waals surface area (Å²) in [6, 6.07) is 12.6. The van der Waals surface area contributed by atoms with E-state index in [2.05, 4.69) is 57.0 Å². The summed E-state index contributed by atoms with van der Waals surface area (Å²) < 4.78 is 6.01. The zero-order valence-electron chi connectivity index (χ0n) is 21.8. The summed E-state index contributed by atoms with van der Waals surface area (Å²) in [5.41, 5.74) is 6.42. The highest BCUT2D eigenvalue weighted by atomic mass is 16.5. The molecule has 0 aromatic heterocycles. The second-order valence-electron chi connectivity index (χ2n) is 9.57. The van der Waals surface area contributed by atoms with Gasteiger partial charge in [-0.05, 0) is 79.3 Å². The summed E-state index contributed by atoms with van der Waals surface area (Å²) in [5, 5.41) is 0. The van der Waals surface area contributed by atoms with Crippen molar-refractivity contribution in [3.05, 3.63) is 64.2 Å². The fourth-order valence-electron chi connectivity index (χ4n) is 4.19. The van der Waals surface area contributed by atoms with E-state index < -0.39 is 0 Å². The number of ether oxygens (including phenoxy) is 1. The van der Waals surface area contributed by atoms with Crippen molar-refractivity contribution < 1.29 is 4.74 Å². The van der Waals surface area contributed by atoms with Crippen LogP contribution in [0.15, 0.2) is 41.4 Å². The highest BCUT2D eigenvalue weighted by Crippen LogP contribution is 2.20. The first-order chi connectivity index (χ1) is 16.1. The van der Waals surface area contributed by atoms with Crippen molar-refractivity contribution in [1.29, 1.82) is 0 Å². The Balaban J connectivity index is 1.53. The first-order valence-corrected chi connectivity index (χ1v) is 13.4. The van der Waals surface area contributed by atoms with Crippen molar-refractivity contribution in [3.8, 4) is 5.75 Å². The molecule has 182 valence electrons. The van der Waals surface area contributed by atoms with Gasteiger partial charge in [-0.2, -0.15) is 0 Å². The SMILES string of the molecule is CCCCCCCCCCCCCCN=Cc1ccc(OCc2ccc(C)c(C)c2C)cc1. The third-order valence-electron chi connectivity index (χ3n) is 6.83. The summed E-state index contributed by atoms with van der Waals surface area (Å²) in [6.45, 7) is 10.3. The van der Waals surface area contributed by atoms with E-state index in [1.807, 2.05) is 18.3 Å². The zero-order chi connectivity index (χ0) is 23.7. The maximum Gasteiger partial charge on any atom is 0.119 e. The van der Waals surface area contributed by atoms with E-state index in [1.165, 1.54) is 99.3 Å². The second kappa shape index (κ2) is 16.5. The largest absolute Gasteiger partial charge is 0.489 e. The number of hydrogen-bond acceptors (Lipinski definition) is 2. The molecule has 0 unspecified atom stereocenters. The summed E-state index contributed by atoms with van der Waals surface area (Å²) in [5.74, 6) is 0.908. The minimum Gasteiger partial charge on any atom is -0.489 e. The molecule has 2 aromatic carbocycles. The van der Waals surface area contributed by atoms with Gasteiger partial charge in [0.2, 0.25) is 0 Å². The number of rotatable bonds is 17. The fourth-order valence-corrected chi connectivity index (χ4v) is 4.19. The molecule has 0 aliphatic rings. The maximum atomic E-state index is 6.01. The Morgan fingerprint density at radius 2 is 1.24 bits per heavy atom. The first-order valence-electron chi connectivity index (χ1n) is 13.4. The van der Waals surface area contributed by atoms with Crippen LogP contribution >= 0.6 is 0 Å². The van der Waals surface area contributed by atoms with Crippen LogP contribution in [-0.4, -0.2) is 12.8 Å². The van der Waals surface area contributed by atoms with Crippen LogP contribution in [0.4, 0.5) is 0 Å². The van der Waals surface area contributed by atoms with E-state index in [4.69, 9.17) is 4.74 Å². The summed E-state index contributed by atoms with van der Waals surface area (Å²) in [7, 11) is 0. The van der Waals surface area contributed by atoms with Gasteiger partial charge in [0.1, 0.15) is 12.4 Å². The highest BCUT2D eigenvalue weighted by Gasteiger charge is 2.04. The molecule has 0 amide bonds. The minimum atomic E-state index is 0.610. The van der Waals surface area contributed by atoms with Gasteiger partial charge in [-0.25, -0.2) is 0 Å². The van der Waals surface area contributed by atoms with E-state index in [0.717, 1.165) is 17.9 Å². The minimum absolute atomic E-state index is 0.610. The van der Waals surface area contributed by atoms with E-state index in [0.29, 0.717) is 6.61 Å². The lowest BCUT2D eigenvalue weighted by molar-refractivity contribution is 0.305. The van der Waals surface area contributed by atoms with Crippen LogP contribution in [-0.2, 0) is 6.61 Å². The van der Waals surface area contributed by atoms with E-state index in [1.54, 1.807) is 0 Å². The van der Waals surface area contributed by atoms with Crippen molar-refractivity contribution in [3.63, 3.8) is 0 Å². The van der Waals surface area contributed by atoms with Crippen molar-refractivity contribution in [1.82, 2.24) is 0 Å². The quantitative estimate of drug-likeness (QED) is 0.174. The van der Waals surface area contributed by atoms with Crippen LogP contribution in [0.5, 0.6) is 5.75 Å². The Kier molecular flexibility index (Phi) is 13.6. The molecule has 0 spiro atoms. The molecule has 0 saturated carbocycles. The summed E-state index contributed by atoms with van der Waals surface area (Å²) in [6.07, 6.45) is 18.6. The average Bonchev–Trinajstić information content (AvgIpc) is 2.83. The maximum absolute atomic E-state index is 6.01. The van der Waals surface area contributed by atoms with E-state index in [-0.39, 0.29) is 0 Å². The lowest BCUT2D eigenvalue weighted by atomic mass is 9.99. The van der Waals surface area contributed by atoms with Crippen LogP contribution in [0.1, 0.15) is 112 Å². The number of hydrogen-bond donors (Lipinski definition) is 0. The van der Waals surface area contributed by atoms with Gasteiger partial charge < -0.3 is 4.74 Å². The molecule has 0 fully saturated rings. The van der Waals surface area contributed by atoms with Crippen LogP contribution in [0.25, 0.3) is 0 Å². The third-order valence-corrected chi connectivity index (χ3v) is 6.83. The predicted molar refractivity (Wildman–Crippen MR) is 145 cm³/mol. The molecule has 0 aliphatic heterocycles. The molecule has 0 N–H and O–H groups in total. The molecule has 0 heterocycles. The van der Waals surface area contributed by atoms with E-state index >= 15 is 0 Å². The molecule has 0 atom stereocenters. The molecule has 33 heavy (non-hydrogen) atoms. The number of unbranched alkanes of at least 4 members (excludes halogenated alkanes) is 11. The van der Waals surface area contributed by atoms with Gasteiger partial charge in [0.25, 0.3) is 0 Å². The van der Waals surface area contributed by atoms with Gasteiger partial charge in [0, 0.05) is 12.8 Å². The molecule has 0 radical (unpaired) electrons. The number of aliphatic imine (C=N–C) groups is 1. The van der Waals surface area contributed by atoms with Gasteiger partial charge in [-0.15, -0.1) is 0 Å². The van der Waals surface area contributed by atoms with Crippen LogP contribution in [0.2, 0.25) is 0 Å². The topological polar surface area (TPSA) is 21.6 Å². The van der Waals surface area contributed by atoms with Crippen molar-refractivity contribution in [2.45, 2.75) is 111 Å². The molecular weight excluding hydrogens is 402 g/mol. The summed E-state index contributed by atoms with van der Waals surface area (Å²) in [4.78, 5) is 4.61. The van der Waals surface area contributed by atoms with Gasteiger partial charge in [0.15, 0.2) is 0 Å². The number of aryl methyl sites for hydroxylation is 1. The van der Waals surface area contributed by atoms with Gasteiger partial charge in [-0.3, -0.25) is 4.99 Å². The lowest BCUT2D eigenvalue weighted by Crippen LogP contribution is -2.00. The van der Waals surface area contributed by atoms with Crippen LogP contribution in [0.3, 0.4) is 0 Å². The van der Waals surface area contributed by atoms with Gasteiger partial charge in [0.05, 0.1) is 0 Å². The van der Waals surface area contributed by atoms with Gasteiger partial charge >= 0.3 is 0 Å². The molecule has 2 nitrogen and oxygen atoms in total. The van der Waals surface area contributed by atoms with Crippen molar-refractivity contribution in [2.75, 3.05) is 6.54 Å². The smallest absolute Gasteiger partial charge is 0.119 e. The van der Waals surface area contributed by atoms with E-state index in [9.17, 15) is 0 Å². The molecule has 0 aliphatic carbocycles. The summed E-state index contributed by atoms with van der Waals surface area (Å²) >= 11 is 0. The monoisotopic (exact) mass is 449 g/mol. The molecular formula is C31H47NO. The second-order valence-corrected chi connectivity index (χ2v) is 9.57. The standard InChI is InChI=1S/C31H47NO/c1-5-6-7-8-9-10-11-12-13-14-15-16-23-32-24-29-18-21-31(22-19-29)33-25-30-20-17-26(2)27(3)28(30)4/h17-22,24H,5-16,23,25H2,1-4H3. The Morgan fingerprint density at radius 3 is 1.85 bits per heavy atom. The first kappa shape index (κ1) is 27.2. The Morgan fingerprint density at radius 1 is 0.667 bits per heavy atom. The third kappa shape index (κ3) is 11.1. The number of benzene rings is 2. The zero-order valence-corrected chi connectivity index (χ0v) is 21.8. The van der Waals surface area contributed by atoms with Crippen LogP contribution < -0.4 is 4.74 Å². The average molecular weight is 450 g/mol. The van der Waals surface area contributed by atoms with Gasteiger partial charge in [-0.1, -0.05) is 89.7 Å². The number of nitrogens with zero attached hydrogens (tertiary/aromatic N) is 1. The van der Waals surface area contributed by atoms with Crippen molar-refractivity contribution >= 4 is 6.21 Å². The molecule has 0 saturated heterocycles. The highest BCUT2D eigenvalue weighted by molar-refractivity contribution is 5.79. The molecule has 2 heteroatoms. The Hall–Kier alpha value is -2.09. The van der Waals surface area contributed by atoms with Crippen LogP contribution in [0, 0.1) is 20.8 Å². The molecule has 0 bridgehead atoms. The molecule has 2 rings (SSSR count).